The van der Waals surface area contributed by atoms with E-state index in [1.54, 1.807) is 79.9 Å². The number of halogens is 2. The topological polar surface area (TPSA) is 87.7 Å². The Hall–Kier alpha value is -3.62. The van der Waals surface area contributed by atoms with E-state index >= 15 is 0 Å². The van der Waals surface area contributed by atoms with Crippen LogP contribution in [0.25, 0.3) is 0 Å². The zero-order valence-corrected chi connectivity index (χ0v) is 19.6. The number of anilines is 3. The van der Waals surface area contributed by atoms with Gasteiger partial charge in [-0.25, -0.2) is 4.90 Å². The van der Waals surface area contributed by atoms with Crippen LogP contribution in [0.1, 0.15) is 10.4 Å². The van der Waals surface area contributed by atoms with Crippen molar-refractivity contribution in [2.24, 2.45) is 0 Å². The maximum absolute atomic E-state index is 12.9. The van der Waals surface area contributed by atoms with Gasteiger partial charge in [0.1, 0.15) is 16.5 Å². The van der Waals surface area contributed by atoms with Crippen molar-refractivity contribution in [3.8, 4) is 5.75 Å². The Morgan fingerprint density at radius 3 is 2.30 bits per heavy atom. The van der Waals surface area contributed by atoms with E-state index in [0.29, 0.717) is 28.4 Å². The van der Waals surface area contributed by atoms with E-state index < -0.39 is 11.8 Å². The first kappa shape index (κ1) is 22.6. The van der Waals surface area contributed by atoms with Gasteiger partial charge in [0.05, 0.1) is 12.8 Å². The van der Waals surface area contributed by atoms with Gasteiger partial charge in [-0.15, -0.1) is 0 Å². The van der Waals surface area contributed by atoms with Gasteiger partial charge in [0.25, 0.3) is 17.7 Å². The number of nitrogens with zero attached hydrogens (tertiary/aromatic N) is 1. The number of carbonyl (C=O) groups is 3. The maximum atomic E-state index is 12.9. The third kappa shape index (κ3) is 4.76. The summed E-state index contributed by atoms with van der Waals surface area (Å²) in [5.41, 5.74) is 1.73. The first-order chi connectivity index (χ1) is 15.9. The number of rotatable bonds is 6. The van der Waals surface area contributed by atoms with Crippen LogP contribution in [0.5, 0.6) is 5.75 Å². The Morgan fingerprint density at radius 1 is 0.939 bits per heavy atom. The minimum atomic E-state index is -0.625. The average Bonchev–Trinajstić information content (AvgIpc) is 3.03. The second kappa shape index (κ2) is 9.48. The van der Waals surface area contributed by atoms with E-state index in [0.717, 1.165) is 9.37 Å². The Labute approximate surface area is 203 Å². The fraction of sp³-hybridized carbons (Fsp3) is 0.0417. The largest absolute Gasteiger partial charge is 0.497 e. The van der Waals surface area contributed by atoms with Gasteiger partial charge in [0, 0.05) is 21.4 Å². The highest BCUT2D eigenvalue weighted by Gasteiger charge is 2.38. The van der Waals surface area contributed by atoms with Crippen LogP contribution in [0, 0.1) is 0 Å². The normalized spacial score (nSPS) is 13.4. The van der Waals surface area contributed by atoms with Crippen LogP contribution in [0.2, 0.25) is 0 Å². The molecule has 0 atom stereocenters. The van der Waals surface area contributed by atoms with Crippen molar-refractivity contribution in [2.75, 3.05) is 22.6 Å². The molecule has 9 heteroatoms. The molecule has 1 aliphatic rings. The lowest BCUT2D eigenvalue weighted by atomic mass is 10.1. The molecule has 2 N–H and O–H groups in total. The second-order valence-corrected chi connectivity index (χ2v) is 8.29. The summed E-state index contributed by atoms with van der Waals surface area (Å²) < 4.78 is 5.92. The molecule has 0 saturated carbocycles. The van der Waals surface area contributed by atoms with Crippen molar-refractivity contribution < 1.29 is 19.1 Å². The molecule has 3 amide bonds. The van der Waals surface area contributed by atoms with Gasteiger partial charge in [0.2, 0.25) is 0 Å². The highest BCUT2D eigenvalue weighted by molar-refractivity contribution is 9.10. The van der Waals surface area contributed by atoms with Crippen LogP contribution in [0.3, 0.4) is 0 Å². The first-order valence-electron chi connectivity index (χ1n) is 9.74. The molecule has 3 aromatic carbocycles. The fourth-order valence-electron chi connectivity index (χ4n) is 3.20. The number of imide groups is 1. The third-order valence-corrected chi connectivity index (χ3v) is 5.73. The zero-order chi connectivity index (χ0) is 23.5. The lowest BCUT2D eigenvalue weighted by Crippen LogP contribution is -2.32. The number of ether oxygens (including phenoxy) is 1. The van der Waals surface area contributed by atoms with Gasteiger partial charge in [-0.1, -0.05) is 33.6 Å². The lowest BCUT2D eigenvalue weighted by molar-refractivity contribution is -0.120. The van der Waals surface area contributed by atoms with Crippen LogP contribution in [0.15, 0.2) is 88.0 Å². The summed E-state index contributed by atoms with van der Waals surface area (Å²) in [6.07, 6.45) is 0. The molecule has 1 aliphatic heterocycles. The number of amides is 3. The molecular weight excluding hydrogens is 510 g/mol. The molecule has 0 bridgehead atoms. The molecule has 0 radical (unpaired) electrons. The van der Waals surface area contributed by atoms with Crippen LogP contribution in [0.4, 0.5) is 17.1 Å². The van der Waals surface area contributed by atoms with Crippen molar-refractivity contribution in [1.29, 1.82) is 0 Å². The molecule has 1 heterocycles. The van der Waals surface area contributed by atoms with Gasteiger partial charge in [-0.2, -0.15) is 0 Å². The van der Waals surface area contributed by atoms with Crippen LogP contribution in [-0.4, -0.2) is 24.8 Å². The Kier molecular flexibility index (Phi) is 6.48. The molecule has 0 fully saturated rings. The molecule has 0 spiro atoms. The van der Waals surface area contributed by atoms with Crippen molar-refractivity contribution in [3.63, 3.8) is 0 Å². The van der Waals surface area contributed by atoms with E-state index in [4.69, 9.17) is 16.3 Å². The van der Waals surface area contributed by atoms with Crippen LogP contribution < -0.4 is 20.3 Å². The van der Waals surface area contributed by atoms with Gasteiger partial charge < -0.3 is 15.4 Å². The summed E-state index contributed by atoms with van der Waals surface area (Å²) in [5.74, 6) is -0.869. The van der Waals surface area contributed by atoms with Crippen molar-refractivity contribution in [3.05, 3.63) is 93.6 Å². The van der Waals surface area contributed by atoms with E-state index in [1.165, 1.54) is 0 Å². The van der Waals surface area contributed by atoms with E-state index in [9.17, 15) is 14.4 Å². The van der Waals surface area contributed by atoms with E-state index in [1.807, 2.05) is 0 Å². The fourth-order valence-corrected chi connectivity index (χ4v) is 3.67. The maximum Gasteiger partial charge on any atom is 0.283 e. The minimum Gasteiger partial charge on any atom is -0.497 e. The average molecular weight is 527 g/mol. The van der Waals surface area contributed by atoms with Gasteiger partial charge in [-0.3, -0.25) is 14.4 Å². The number of benzene rings is 3. The summed E-state index contributed by atoms with van der Waals surface area (Å²) in [4.78, 5) is 39.2. The summed E-state index contributed by atoms with van der Waals surface area (Å²) >= 11 is 9.51. The summed E-state index contributed by atoms with van der Waals surface area (Å²) in [6, 6.07) is 20.2. The Balaban J connectivity index is 1.51. The quantitative estimate of drug-likeness (QED) is 0.434. The van der Waals surface area contributed by atoms with E-state index in [-0.39, 0.29) is 16.6 Å². The van der Waals surface area contributed by atoms with Gasteiger partial charge in [-0.05, 0) is 66.7 Å². The molecule has 0 aromatic heterocycles. The van der Waals surface area contributed by atoms with Crippen LogP contribution >= 0.6 is 27.5 Å². The number of methoxy groups -OCH3 is 1. The predicted octanol–water partition coefficient (Wildman–Crippen LogP) is 5.15. The number of nitrogens with one attached hydrogen (secondary N) is 2. The molecule has 7 nitrogen and oxygen atoms in total. The number of hydrogen-bond donors (Lipinski definition) is 2. The first-order valence-corrected chi connectivity index (χ1v) is 10.9. The Morgan fingerprint density at radius 2 is 1.64 bits per heavy atom. The molecule has 4 rings (SSSR count). The molecule has 166 valence electrons. The predicted molar refractivity (Wildman–Crippen MR) is 131 cm³/mol. The third-order valence-electron chi connectivity index (χ3n) is 4.85. The lowest BCUT2D eigenvalue weighted by Gasteiger charge is -2.15. The SMILES string of the molecule is COc1ccc(NC(=O)c2cccc(NC3=C(Cl)C(=O)N(c4ccc(Br)cc4)C3=O)c2)cc1. The monoisotopic (exact) mass is 525 g/mol. The summed E-state index contributed by atoms with van der Waals surface area (Å²) in [5, 5.41) is 5.45. The van der Waals surface area contributed by atoms with Crippen LogP contribution in [-0.2, 0) is 9.59 Å². The number of hydrogen-bond acceptors (Lipinski definition) is 5. The summed E-state index contributed by atoms with van der Waals surface area (Å²) in [7, 11) is 1.56. The Bertz CT molecular complexity index is 1270. The second-order valence-electron chi connectivity index (χ2n) is 7.00. The molecule has 0 aliphatic carbocycles. The zero-order valence-electron chi connectivity index (χ0n) is 17.3. The molecular formula is C24H17BrClN3O4. The van der Waals surface area contributed by atoms with Crippen molar-refractivity contribution in [2.45, 2.75) is 0 Å². The summed E-state index contributed by atoms with van der Waals surface area (Å²) in [6.45, 7) is 0. The molecule has 3 aromatic rings. The highest BCUT2D eigenvalue weighted by Crippen LogP contribution is 2.31. The molecule has 0 saturated heterocycles. The van der Waals surface area contributed by atoms with Gasteiger partial charge in [0.15, 0.2) is 0 Å². The highest BCUT2D eigenvalue weighted by atomic mass is 79.9. The van der Waals surface area contributed by atoms with Gasteiger partial charge >= 0.3 is 0 Å². The van der Waals surface area contributed by atoms with E-state index in [2.05, 4.69) is 26.6 Å². The molecule has 0 unspecified atom stereocenters. The minimum absolute atomic E-state index is 0.0581. The molecule has 33 heavy (non-hydrogen) atoms. The standard InChI is InChI=1S/C24H17BrClN3O4/c1-33-19-11-7-16(8-12-19)28-22(30)14-3-2-4-17(13-14)27-21-20(26)23(31)29(24(21)32)18-9-5-15(25)6-10-18/h2-13,27H,1H3,(H,28,30). The van der Waals surface area contributed by atoms with Crippen molar-refractivity contribution in [1.82, 2.24) is 0 Å². The van der Waals surface area contributed by atoms with Crippen molar-refractivity contribution >= 4 is 62.3 Å². The number of carbonyl (C=O) groups excluding carboxylic acids is 3. The smallest absolute Gasteiger partial charge is 0.283 e.